The summed E-state index contributed by atoms with van der Waals surface area (Å²) in [6.45, 7) is 5.20. The van der Waals surface area contributed by atoms with E-state index < -0.39 is 11.8 Å². The van der Waals surface area contributed by atoms with E-state index in [2.05, 4.69) is 15.1 Å². The lowest BCUT2D eigenvalue weighted by molar-refractivity contribution is -0.100. The lowest BCUT2D eigenvalue weighted by Crippen LogP contribution is -2.45. The molecule has 5 heteroatoms. The predicted octanol–water partition coefficient (Wildman–Crippen LogP) is 2.20. The van der Waals surface area contributed by atoms with Crippen molar-refractivity contribution in [1.82, 2.24) is 15.1 Å². The highest BCUT2D eigenvalue weighted by molar-refractivity contribution is 5.14. The second kappa shape index (κ2) is 4.13. The number of nitrogens with zero attached hydrogens (tertiary/aromatic N) is 2. The molecule has 1 fully saturated rings. The van der Waals surface area contributed by atoms with Gasteiger partial charge in [0.15, 0.2) is 0 Å². The molecule has 1 unspecified atom stereocenters. The molecule has 1 saturated heterocycles. The largest absolute Gasteiger partial charge is 0.298 e. The van der Waals surface area contributed by atoms with Crippen LogP contribution in [0.25, 0.3) is 0 Å². The predicted molar refractivity (Wildman–Crippen MR) is 57.3 cm³/mol. The molecule has 0 saturated carbocycles. The number of aromatic amines is 1. The number of rotatable bonds is 2. The van der Waals surface area contributed by atoms with Gasteiger partial charge in [-0.1, -0.05) is 6.92 Å². The molecule has 1 N–H and O–H groups in total. The fourth-order valence-corrected chi connectivity index (χ4v) is 2.09. The first kappa shape index (κ1) is 11.5. The number of aryl methyl sites for hydroxylation is 1. The Kier molecular flexibility index (Phi) is 2.97. The quantitative estimate of drug-likeness (QED) is 0.843. The minimum Gasteiger partial charge on any atom is -0.298 e. The Labute approximate surface area is 93.8 Å². The zero-order valence-electron chi connectivity index (χ0n) is 9.63. The van der Waals surface area contributed by atoms with Gasteiger partial charge in [-0.25, -0.2) is 8.78 Å². The number of alkyl halides is 2. The van der Waals surface area contributed by atoms with E-state index in [0.717, 1.165) is 11.3 Å². The molecular formula is C11H17F2N3. The van der Waals surface area contributed by atoms with Gasteiger partial charge >= 0.3 is 0 Å². The first-order valence-corrected chi connectivity index (χ1v) is 5.58. The number of hydrogen-bond donors (Lipinski definition) is 1. The molecule has 16 heavy (non-hydrogen) atoms. The van der Waals surface area contributed by atoms with E-state index >= 15 is 0 Å². The summed E-state index contributed by atoms with van der Waals surface area (Å²) in [6, 6.07) is 0. The van der Waals surface area contributed by atoms with Gasteiger partial charge in [-0.15, -0.1) is 0 Å². The molecule has 1 aromatic heterocycles. The maximum atomic E-state index is 13.3. The Morgan fingerprint density at radius 2 is 2.38 bits per heavy atom. The summed E-state index contributed by atoms with van der Waals surface area (Å²) in [5.41, 5.74) is 2.11. The Morgan fingerprint density at radius 3 is 2.94 bits per heavy atom. The van der Waals surface area contributed by atoms with E-state index in [1.807, 2.05) is 6.92 Å². The van der Waals surface area contributed by atoms with E-state index in [9.17, 15) is 8.78 Å². The van der Waals surface area contributed by atoms with Crippen LogP contribution in [-0.4, -0.2) is 34.1 Å². The van der Waals surface area contributed by atoms with Crippen LogP contribution in [0.3, 0.4) is 0 Å². The third kappa shape index (κ3) is 2.24. The Hall–Kier alpha value is -0.970. The smallest absolute Gasteiger partial charge is 0.253 e. The molecule has 3 nitrogen and oxygen atoms in total. The van der Waals surface area contributed by atoms with E-state index in [1.165, 1.54) is 0 Å². The molecule has 0 amide bonds. The van der Waals surface area contributed by atoms with Crippen molar-refractivity contribution in [1.29, 1.82) is 0 Å². The number of hydrogen-bond acceptors (Lipinski definition) is 2. The minimum atomic E-state index is -2.50. The molecule has 0 spiro atoms. The van der Waals surface area contributed by atoms with Crippen molar-refractivity contribution in [3.63, 3.8) is 0 Å². The van der Waals surface area contributed by atoms with Crippen LogP contribution in [0.1, 0.15) is 24.6 Å². The number of likely N-dealkylation sites (tertiary alicyclic amines) is 1. The highest BCUT2D eigenvalue weighted by Crippen LogP contribution is 2.33. The van der Waals surface area contributed by atoms with Crippen LogP contribution >= 0.6 is 0 Å². The van der Waals surface area contributed by atoms with Crippen LogP contribution in [0.15, 0.2) is 6.20 Å². The van der Waals surface area contributed by atoms with Crippen LogP contribution in [0.4, 0.5) is 8.78 Å². The maximum Gasteiger partial charge on any atom is 0.253 e. The second-order valence-corrected chi connectivity index (χ2v) is 4.67. The molecule has 90 valence electrons. The number of nitrogens with one attached hydrogen (secondary N) is 1. The van der Waals surface area contributed by atoms with Crippen LogP contribution < -0.4 is 0 Å². The standard InChI is InChI=1S/C11H17F2N3/c1-8-6-16(4-3-11(8,12)13)7-10-5-14-15-9(10)2/h5,8H,3-4,6-7H2,1-2H3,(H,14,15). The number of piperidine rings is 1. The Bertz CT molecular complexity index is 362. The summed E-state index contributed by atoms with van der Waals surface area (Å²) in [4.78, 5) is 2.07. The summed E-state index contributed by atoms with van der Waals surface area (Å²) >= 11 is 0. The first-order valence-electron chi connectivity index (χ1n) is 5.58. The highest BCUT2D eigenvalue weighted by atomic mass is 19.3. The zero-order valence-corrected chi connectivity index (χ0v) is 9.63. The maximum absolute atomic E-state index is 13.3. The van der Waals surface area contributed by atoms with Crippen molar-refractivity contribution in [2.75, 3.05) is 13.1 Å². The summed E-state index contributed by atoms with van der Waals surface area (Å²) in [6.07, 6.45) is 1.73. The zero-order chi connectivity index (χ0) is 11.8. The lowest BCUT2D eigenvalue weighted by atomic mass is 9.95. The van der Waals surface area contributed by atoms with Gasteiger partial charge in [0.1, 0.15) is 0 Å². The SMILES string of the molecule is Cc1[nH]ncc1CN1CCC(F)(F)C(C)C1. The molecule has 0 aliphatic carbocycles. The van der Waals surface area contributed by atoms with Gasteiger partial charge in [-0.05, 0) is 6.92 Å². The van der Waals surface area contributed by atoms with E-state index in [-0.39, 0.29) is 6.42 Å². The second-order valence-electron chi connectivity index (χ2n) is 4.67. The van der Waals surface area contributed by atoms with Crippen LogP contribution in [0.5, 0.6) is 0 Å². The monoisotopic (exact) mass is 229 g/mol. The van der Waals surface area contributed by atoms with Crippen molar-refractivity contribution < 1.29 is 8.78 Å². The third-order valence-electron chi connectivity index (χ3n) is 3.34. The van der Waals surface area contributed by atoms with Gasteiger partial charge < -0.3 is 0 Å². The van der Waals surface area contributed by atoms with Crippen molar-refractivity contribution in [3.05, 3.63) is 17.5 Å². The van der Waals surface area contributed by atoms with E-state index in [4.69, 9.17) is 0 Å². The number of aromatic nitrogens is 2. The molecule has 1 aliphatic rings. The molecule has 0 radical (unpaired) electrons. The third-order valence-corrected chi connectivity index (χ3v) is 3.34. The van der Waals surface area contributed by atoms with Crippen LogP contribution in [0.2, 0.25) is 0 Å². The van der Waals surface area contributed by atoms with Gasteiger partial charge in [0.2, 0.25) is 0 Å². The van der Waals surface area contributed by atoms with Crippen molar-refractivity contribution in [2.45, 2.75) is 32.7 Å². The fourth-order valence-electron chi connectivity index (χ4n) is 2.09. The average Bonchev–Trinajstić information content (AvgIpc) is 2.59. The molecule has 2 rings (SSSR count). The van der Waals surface area contributed by atoms with Crippen LogP contribution in [-0.2, 0) is 6.54 Å². The molecule has 2 heterocycles. The summed E-state index contributed by atoms with van der Waals surface area (Å²) in [5, 5.41) is 6.80. The molecule has 1 atom stereocenters. The minimum absolute atomic E-state index is 0.0366. The first-order chi connectivity index (χ1) is 7.49. The topological polar surface area (TPSA) is 31.9 Å². The van der Waals surface area contributed by atoms with Gasteiger partial charge in [0, 0.05) is 43.2 Å². The molecular weight excluding hydrogens is 212 g/mol. The number of halogens is 2. The molecule has 1 aliphatic heterocycles. The highest BCUT2D eigenvalue weighted by Gasteiger charge is 2.40. The Balaban J connectivity index is 1.96. The number of H-pyrrole nitrogens is 1. The summed E-state index contributed by atoms with van der Waals surface area (Å²) in [7, 11) is 0. The van der Waals surface area contributed by atoms with E-state index in [1.54, 1.807) is 13.1 Å². The lowest BCUT2D eigenvalue weighted by Gasteiger charge is -2.36. The Morgan fingerprint density at radius 1 is 1.62 bits per heavy atom. The van der Waals surface area contributed by atoms with Gasteiger partial charge in [-0.2, -0.15) is 5.10 Å². The summed E-state index contributed by atoms with van der Waals surface area (Å²) < 4.78 is 26.6. The fraction of sp³-hybridized carbons (Fsp3) is 0.727. The van der Waals surface area contributed by atoms with Gasteiger partial charge in [-0.3, -0.25) is 10.00 Å². The van der Waals surface area contributed by atoms with Crippen molar-refractivity contribution >= 4 is 0 Å². The molecule has 0 aromatic carbocycles. The van der Waals surface area contributed by atoms with Crippen molar-refractivity contribution in [3.8, 4) is 0 Å². The van der Waals surface area contributed by atoms with Gasteiger partial charge in [0.05, 0.1) is 6.20 Å². The molecule has 0 bridgehead atoms. The van der Waals surface area contributed by atoms with E-state index in [0.29, 0.717) is 19.6 Å². The normalized spacial score (nSPS) is 25.9. The van der Waals surface area contributed by atoms with Crippen LogP contribution in [0, 0.1) is 12.8 Å². The summed E-state index contributed by atoms with van der Waals surface area (Å²) in [5.74, 6) is -3.06. The van der Waals surface area contributed by atoms with Gasteiger partial charge in [0.25, 0.3) is 5.92 Å². The van der Waals surface area contributed by atoms with Crippen molar-refractivity contribution in [2.24, 2.45) is 5.92 Å². The molecule has 1 aromatic rings. The average molecular weight is 229 g/mol.